The van der Waals surface area contributed by atoms with Crippen LogP contribution in [-0.4, -0.2) is 18.2 Å². The predicted octanol–water partition coefficient (Wildman–Crippen LogP) is 3.58. The van der Waals surface area contributed by atoms with Crippen LogP contribution in [0, 0.1) is 5.41 Å². The fraction of sp³-hybridized carbons (Fsp3) is 0.625. The number of nitrogens with zero attached hydrogens (tertiary/aromatic N) is 1. The summed E-state index contributed by atoms with van der Waals surface area (Å²) in [6.45, 7) is 4.86. The molecule has 1 fully saturated rings. The minimum absolute atomic E-state index is 0.124. The van der Waals surface area contributed by atoms with Gasteiger partial charge in [0, 0.05) is 24.3 Å². The molecule has 0 bridgehead atoms. The van der Waals surface area contributed by atoms with E-state index >= 15 is 0 Å². The molecule has 0 aliphatic heterocycles. The summed E-state index contributed by atoms with van der Waals surface area (Å²) in [4.78, 5) is 2.36. The van der Waals surface area contributed by atoms with Gasteiger partial charge in [-0.3, -0.25) is 0 Å². The van der Waals surface area contributed by atoms with Gasteiger partial charge in [-0.2, -0.15) is 0 Å². The monoisotopic (exact) mass is 247 g/mol. The number of anilines is 1. The van der Waals surface area contributed by atoms with Gasteiger partial charge in [-0.25, -0.2) is 0 Å². The third-order valence-corrected chi connectivity index (χ3v) is 4.40. The van der Waals surface area contributed by atoms with E-state index in [0.717, 1.165) is 5.56 Å². The first-order valence-electron chi connectivity index (χ1n) is 6.95. The Morgan fingerprint density at radius 2 is 1.83 bits per heavy atom. The Kier molecular flexibility index (Phi) is 3.96. The molecule has 0 heterocycles. The van der Waals surface area contributed by atoms with Crippen molar-refractivity contribution in [1.29, 1.82) is 0 Å². The highest BCUT2D eigenvalue weighted by atomic mass is 16.3. The van der Waals surface area contributed by atoms with Crippen LogP contribution in [0.4, 0.5) is 5.69 Å². The molecule has 18 heavy (non-hydrogen) atoms. The van der Waals surface area contributed by atoms with Crippen LogP contribution in [0.5, 0.6) is 0 Å². The van der Waals surface area contributed by atoms with Crippen LogP contribution in [0.1, 0.15) is 45.1 Å². The van der Waals surface area contributed by atoms with Crippen molar-refractivity contribution < 1.29 is 5.11 Å². The fourth-order valence-corrected chi connectivity index (χ4v) is 2.96. The molecular formula is C16H25NO. The van der Waals surface area contributed by atoms with Crippen molar-refractivity contribution >= 4 is 5.69 Å². The Balaban J connectivity index is 2.10. The molecule has 0 atom stereocenters. The minimum atomic E-state index is 0.124. The van der Waals surface area contributed by atoms with Gasteiger partial charge in [0.15, 0.2) is 0 Å². The standard InChI is InChI=1S/C16H25NO/c1-16(2)10-8-14(9-11-16)17(3)15-7-5-4-6-13(15)12-18/h4-7,14,18H,8-12H2,1-3H3. The second kappa shape index (κ2) is 5.31. The number of benzene rings is 1. The molecule has 0 radical (unpaired) electrons. The minimum Gasteiger partial charge on any atom is -0.392 e. The molecule has 1 aromatic rings. The maximum atomic E-state index is 9.42. The second-order valence-corrected chi connectivity index (χ2v) is 6.29. The van der Waals surface area contributed by atoms with Crippen molar-refractivity contribution in [3.05, 3.63) is 29.8 Å². The average Bonchev–Trinajstić information content (AvgIpc) is 2.38. The van der Waals surface area contributed by atoms with Gasteiger partial charge in [0.2, 0.25) is 0 Å². The van der Waals surface area contributed by atoms with E-state index in [1.807, 2.05) is 12.1 Å². The molecular weight excluding hydrogens is 222 g/mol. The zero-order chi connectivity index (χ0) is 13.2. The molecule has 1 N–H and O–H groups in total. The highest BCUT2D eigenvalue weighted by Crippen LogP contribution is 2.38. The van der Waals surface area contributed by atoms with Crippen molar-refractivity contribution in [3.8, 4) is 0 Å². The van der Waals surface area contributed by atoms with E-state index in [9.17, 15) is 5.11 Å². The maximum Gasteiger partial charge on any atom is 0.0702 e. The van der Waals surface area contributed by atoms with Gasteiger partial charge in [-0.1, -0.05) is 32.0 Å². The van der Waals surface area contributed by atoms with Crippen molar-refractivity contribution in [1.82, 2.24) is 0 Å². The summed E-state index contributed by atoms with van der Waals surface area (Å²) in [5.41, 5.74) is 2.72. The van der Waals surface area contributed by atoms with Crippen LogP contribution >= 0.6 is 0 Å². The molecule has 0 saturated heterocycles. The van der Waals surface area contributed by atoms with Gasteiger partial charge in [0.05, 0.1) is 6.61 Å². The van der Waals surface area contributed by atoms with Crippen LogP contribution in [0.2, 0.25) is 0 Å². The molecule has 2 heteroatoms. The Hall–Kier alpha value is -1.02. The van der Waals surface area contributed by atoms with Crippen LogP contribution in [0.3, 0.4) is 0 Å². The van der Waals surface area contributed by atoms with E-state index in [1.54, 1.807) is 0 Å². The van der Waals surface area contributed by atoms with Crippen molar-refractivity contribution in [2.24, 2.45) is 5.41 Å². The van der Waals surface area contributed by atoms with E-state index < -0.39 is 0 Å². The first-order chi connectivity index (χ1) is 8.53. The lowest BCUT2D eigenvalue weighted by molar-refractivity contribution is 0.222. The smallest absolute Gasteiger partial charge is 0.0702 e. The highest BCUT2D eigenvalue weighted by molar-refractivity contribution is 5.53. The zero-order valence-corrected chi connectivity index (χ0v) is 11.8. The molecule has 0 amide bonds. The Morgan fingerprint density at radius 3 is 2.44 bits per heavy atom. The lowest BCUT2D eigenvalue weighted by Crippen LogP contribution is -2.37. The van der Waals surface area contributed by atoms with Gasteiger partial charge in [0.25, 0.3) is 0 Å². The Morgan fingerprint density at radius 1 is 1.22 bits per heavy atom. The SMILES string of the molecule is CN(c1ccccc1CO)C1CCC(C)(C)CC1. The van der Waals surface area contributed by atoms with Gasteiger partial charge in [-0.15, -0.1) is 0 Å². The van der Waals surface area contributed by atoms with Crippen LogP contribution < -0.4 is 4.90 Å². The molecule has 1 aliphatic rings. The Labute approximate surface area is 111 Å². The first kappa shape index (κ1) is 13.4. The zero-order valence-electron chi connectivity index (χ0n) is 11.8. The third kappa shape index (κ3) is 2.86. The predicted molar refractivity (Wildman–Crippen MR) is 76.8 cm³/mol. The number of rotatable bonds is 3. The van der Waals surface area contributed by atoms with Gasteiger partial charge in [0.1, 0.15) is 0 Å². The van der Waals surface area contributed by atoms with Crippen LogP contribution in [0.15, 0.2) is 24.3 Å². The van der Waals surface area contributed by atoms with E-state index in [1.165, 1.54) is 31.4 Å². The topological polar surface area (TPSA) is 23.5 Å². The molecule has 1 aromatic carbocycles. The highest BCUT2D eigenvalue weighted by Gasteiger charge is 2.29. The molecule has 0 unspecified atom stereocenters. The number of aliphatic hydroxyl groups is 1. The van der Waals surface area contributed by atoms with E-state index in [4.69, 9.17) is 0 Å². The van der Waals surface area contributed by atoms with E-state index in [2.05, 4.69) is 37.9 Å². The quantitative estimate of drug-likeness (QED) is 0.882. The van der Waals surface area contributed by atoms with Crippen molar-refractivity contribution in [3.63, 3.8) is 0 Å². The van der Waals surface area contributed by atoms with Gasteiger partial charge >= 0.3 is 0 Å². The summed E-state index contributed by atoms with van der Waals surface area (Å²) in [5.74, 6) is 0. The van der Waals surface area contributed by atoms with Crippen molar-refractivity contribution in [2.75, 3.05) is 11.9 Å². The lowest BCUT2D eigenvalue weighted by atomic mass is 9.75. The van der Waals surface area contributed by atoms with E-state index in [0.29, 0.717) is 11.5 Å². The summed E-state index contributed by atoms with van der Waals surface area (Å²) in [7, 11) is 2.16. The van der Waals surface area contributed by atoms with Gasteiger partial charge in [-0.05, 0) is 37.2 Å². The summed E-state index contributed by atoms with van der Waals surface area (Å²) >= 11 is 0. The van der Waals surface area contributed by atoms with Crippen molar-refractivity contribution in [2.45, 2.75) is 52.2 Å². The maximum absolute atomic E-state index is 9.42. The van der Waals surface area contributed by atoms with Gasteiger partial charge < -0.3 is 10.0 Å². The normalized spacial score (nSPS) is 19.8. The molecule has 2 nitrogen and oxygen atoms in total. The number of para-hydroxylation sites is 1. The first-order valence-corrected chi connectivity index (χ1v) is 6.95. The summed E-state index contributed by atoms with van der Waals surface area (Å²) < 4.78 is 0. The van der Waals surface area contributed by atoms with Crippen LogP contribution in [0.25, 0.3) is 0 Å². The largest absolute Gasteiger partial charge is 0.392 e. The molecule has 1 saturated carbocycles. The van der Waals surface area contributed by atoms with E-state index in [-0.39, 0.29) is 6.61 Å². The number of aliphatic hydroxyl groups excluding tert-OH is 1. The summed E-state index contributed by atoms with van der Waals surface area (Å²) in [6.07, 6.45) is 5.10. The molecule has 0 aromatic heterocycles. The molecule has 1 aliphatic carbocycles. The average molecular weight is 247 g/mol. The second-order valence-electron chi connectivity index (χ2n) is 6.29. The summed E-state index contributed by atoms with van der Waals surface area (Å²) in [5, 5.41) is 9.42. The number of hydrogen-bond donors (Lipinski definition) is 1. The number of hydrogen-bond acceptors (Lipinski definition) is 2. The van der Waals surface area contributed by atoms with Crippen LogP contribution in [-0.2, 0) is 6.61 Å². The molecule has 2 rings (SSSR count). The third-order valence-electron chi connectivity index (χ3n) is 4.40. The molecule has 0 spiro atoms. The molecule has 100 valence electrons. The fourth-order valence-electron chi connectivity index (χ4n) is 2.96. The summed E-state index contributed by atoms with van der Waals surface area (Å²) in [6, 6.07) is 8.79. The Bertz CT molecular complexity index is 390. The lowest BCUT2D eigenvalue weighted by Gasteiger charge is -2.40.